The molecule has 0 spiro atoms. The van der Waals surface area contributed by atoms with Crippen molar-refractivity contribution in [3.63, 3.8) is 0 Å². The van der Waals surface area contributed by atoms with E-state index in [1.807, 2.05) is 19.1 Å². The fourth-order valence-corrected chi connectivity index (χ4v) is 4.19. The van der Waals surface area contributed by atoms with E-state index in [1.54, 1.807) is 6.26 Å². The lowest BCUT2D eigenvalue weighted by Gasteiger charge is -2.31. The van der Waals surface area contributed by atoms with Crippen LogP contribution in [0, 0.1) is 11.8 Å². The van der Waals surface area contributed by atoms with Gasteiger partial charge in [0.2, 0.25) is 0 Å². The van der Waals surface area contributed by atoms with E-state index in [-0.39, 0.29) is 29.2 Å². The zero-order valence-corrected chi connectivity index (χ0v) is 20.2. The van der Waals surface area contributed by atoms with Gasteiger partial charge in [-0.1, -0.05) is 20.3 Å². The van der Waals surface area contributed by atoms with E-state index in [2.05, 4.69) is 24.1 Å². The van der Waals surface area contributed by atoms with E-state index >= 15 is 0 Å². The third-order valence-corrected chi connectivity index (χ3v) is 5.87. The molecule has 186 valence electrons. The highest BCUT2D eigenvalue weighted by Crippen LogP contribution is 2.29. The molecule has 0 aromatic carbocycles. The third-order valence-electron chi connectivity index (χ3n) is 5.87. The van der Waals surface area contributed by atoms with Crippen LogP contribution < -0.4 is 10.1 Å². The summed E-state index contributed by atoms with van der Waals surface area (Å²) in [5.74, 6) is -0.221. The molecule has 9 heteroatoms. The Labute approximate surface area is 199 Å². The minimum Gasteiger partial charge on any atom is -0.503 e. The van der Waals surface area contributed by atoms with Gasteiger partial charge >= 0.3 is 5.97 Å². The smallest absolute Gasteiger partial charge is 0.329 e. The molecular formula is C25H34N2O7. The number of hydrogen-bond donors (Lipinski definition) is 2. The van der Waals surface area contributed by atoms with E-state index < -0.39 is 24.0 Å². The number of carbonyl (C=O) groups is 2. The van der Waals surface area contributed by atoms with Crippen LogP contribution in [0.4, 0.5) is 0 Å². The summed E-state index contributed by atoms with van der Waals surface area (Å²) in [6.45, 7) is 6.50. The molecule has 0 unspecified atom stereocenters. The van der Waals surface area contributed by atoms with Crippen molar-refractivity contribution in [1.29, 1.82) is 0 Å². The highest BCUT2D eigenvalue weighted by molar-refractivity contribution is 5.97. The fraction of sp³-hybridized carbons (Fsp3) is 0.560. The lowest BCUT2D eigenvalue weighted by atomic mass is 9.88. The number of aromatic nitrogens is 1. The monoisotopic (exact) mass is 474 g/mol. The molecule has 1 aliphatic heterocycles. The number of esters is 1. The predicted octanol–water partition coefficient (Wildman–Crippen LogP) is 3.50. The molecule has 3 rings (SSSR count). The van der Waals surface area contributed by atoms with Crippen LogP contribution in [0.3, 0.4) is 0 Å². The average Bonchev–Trinajstić information content (AvgIpc) is 3.31. The number of hydrogen-bond acceptors (Lipinski definition) is 8. The average molecular weight is 475 g/mol. The Bertz CT molecular complexity index is 945. The summed E-state index contributed by atoms with van der Waals surface area (Å²) in [6, 6.07) is 4.35. The predicted molar refractivity (Wildman–Crippen MR) is 124 cm³/mol. The van der Waals surface area contributed by atoms with Crippen LogP contribution in [0.5, 0.6) is 11.5 Å². The molecule has 1 amide bonds. The van der Waals surface area contributed by atoms with Crippen molar-refractivity contribution in [2.45, 2.75) is 64.7 Å². The minimum atomic E-state index is -0.879. The molecule has 1 fully saturated rings. The Morgan fingerprint density at radius 3 is 2.79 bits per heavy atom. The Kier molecular flexibility index (Phi) is 8.92. The fourth-order valence-electron chi connectivity index (χ4n) is 4.19. The summed E-state index contributed by atoms with van der Waals surface area (Å²) in [5.41, 5.74) is -0.214. The maximum Gasteiger partial charge on any atom is 0.329 e. The van der Waals surface area contributed by atoms with Crippen LogP contribution in [-0.2, 0) is 20.7 Å². The second-order valence-corrected chi connectivity index (χ2v) is 9.04. The van der Waals surface area contributed by atoms with E-state index in [9.17, 15) is 14.7 Å². The first-order valence-corrected chi connectivity index (χ1v) is 11.7. The Morgan fingerprint density at radius 2 is 2.12 bits per heavy atom. The van der Waals surface area contributed by atoms with Crippen molar-refractivity contribution in [3.05, 3.63) is 42.1 Å². The molecule has 1 aliphatic rings. The third kappa shape index (κ3) is 6.50. The number of pyridine rings is 1. The van der Waals surface area contributed by atoms with E-state index in [0.717, 1.165) is 12.2 Å². The molecule has 0 bridgehead atoms. The number of nitrogens with zero attached hydrogens (tertiary/aromatic N) is 1. The van der Waals surface area contributed by atoms with Gasteiger partial charge in [0, 0.05) is 25.3 Å². The number of amides is 1. The van der Waals surface area contributed by atoms with Gasteiger partial charge in [0.1, 0.15) is 17.9 Å². The molecule has 3 heterocycles. The van der Waals surface area contributed by atoms with E-state index in [0.29, 0.717) is 31.8 Å². The van der Waals surface area contributed by atoms with E-state index in [1.165, 1.54) is 19.4 Å². The molecule has 1 saturated heterocycles. The van der Waals surface area contributed by atoms with Gasteiger partial charge in [-0.15, -0.1) is 0 Å². The van der Waals surface area contributed by atoms with E-state index in [4.69, 9.17) is 18.6 Å². The topological polar surface area (TPSA) is 120 Å². The number of ether oxygens (including phenoxy) is 3. The van der Waals surface area contributed by atoms with Crippen molar-refractivity contribution in [2.24, 2.45) is 11.8 Å². The SMILES string of the molecule is COc1ccnc(C(=O)N[C@H]2CCC[C@H](Cc3ccco3)[C@@H](OCC(C)C)[C@H](C)OC2=O)c1O. The minimum absolute atomic E-state index is 0.0752. The second-order valence-electron chi connectivity index (χ2n) is 9.04. The number of furan rings is 1. The lowest BCUT2D eigenvalue weighted by Crippen LogP contribution is -2.44. The molecule has 34 heavy (non-hydrogen) atoms. The van der Waals surface area contributed by atoms with Gasteiger partial charge < -0.3 is 29.1 Å². The summed E-state index contributed by atoms with van der Waals surface area (Å²) in [6.07, 6.45) is 4.64. The quantitative estimate of drug-likeness (QED) is 0.558. The van der Waals surface area contributed by atoms with Crippen LogP contribution in [-0.4, -0.2) is 53.9 Å². The summed E-state index contributed by atoms with van der Waals surface area (Å²) < 4.78 is 22.6. The Balaban J connectivity index is 1.76. The highest BCUT2D eigenvalue weighted by Gasteiger charge is 2.36. The normalized spacial score (nSPS) is 23.5. The lowest BCUT2D eigenvalue weighted by molar-refractivity contribution is -0.161. The summed E-state index contributed by atoms with van der Waals surface area (Å²) >= 11 is 0. The van der Waals surface area contributed by atoms with Gasteiger partial charge in [-0.25, -0.2) is 9.78 Å². The number of cyclic esters (lactones) is 1. The van der Waals surface area contributed by atoms with Crippen molar-refractivity contribution in [1.82, 2.24) is 10.3 Å². The maximum absolute atomic E-state index is 13.0. The zero-order valence-electron chi connectivity index (χ0n) is 20.2. The molecule has 4 atom stereocenters. The second kappa shape index (κ2) is 11.9. The zero-order chi connectivity index (χ0) is 24.7. The van der Waals surface area contributed by atoms with Crippen LogP contribution in [0.25, 0.3) is 0 Å². The van der Waals surface area contributed by atoms with Gasteiger partial charge in [-0.3, -0.25) is 4.79 Å². The van der Waals surface area contributed by atoms with Gasteiger partial charge in [0.15, 0.2) is 17.2 Å². The number of carbonyl (C=O) groups excluding carboxylic acids is 2. The number of aromatic hydroxyl groups is 1. The molecule has 9 nitrogen and oxygen atoms in total. The van der Waals surface area contributed by atoms with Crippen molar-refractivity contribution < 1.29 is 33.3 Å². The number of rotatable bonds is 8. The van der Waals surface area contributed by atoms with Crippen LogP contribution in [0.15, 0.2) is 35.1 Å². The number of methoxy groups -OCH3 is 1. The first kappa shape index (κ1) is 25.6. The summed E-state index contributed by atoms with van der Waals surface area (Å²) in [7, 11) is 1.38. The van der Waals surface area contributed by atoms with Gasteiger partial charge in [0.05, 0.1) is 19.5 Å². The highest BCUT2D eigenvalue weighted by atomic mass is 16.6. The van der Waals surface area contributed by atoms with Crippen LogP contribution >= 0.6 is 0 Å². The van der Waals surface area contributed by atoms with Gasteiger partial charge in [-0.2, -0.15) is 0 Å². The number of nitrogens with one attached hydrogen (secondary N) is 1. The molecule has 2 aromatic heterocycles. The summed E-state index contributed by atoms with van der Waals surface area (Å²) in [4.78, 5) is 29.7. The molecule has 2 N–H and O–H groups in total. The molecule has 0 saturated carbocycles. The first-order chi connectivity index (χ1) is 16.3. The largest absolute Gasteiger partial charge is 0.503 e. The van der Waals surface area contributed by atoms with Crippen molar-refractivity contribution in [2.75, 3.05) is 13.7 Å². The Morgan fingerprint density at radius 1 is 1.32 bits per heavy atom. The van der Waals surface area contributed by atoms with Gasteiger partial charge in [-0.05, 0) is 43.7 Å². The first-order valence-electron chi connectivity index (χ1n) is 11.7. The van der Waals surface area contributed by atoms with Crippen LogP contribution in [0.2, 0.25) is 0 Å². The van der Waals surface area contributed by atoms with Gasteiger partial charge in [0.25, 0.3) is 5.91 Å². The maximum atomic E-state index is 13.0. The van der Waals surface area contributed by atoms with Crippen molar-refractivity contribution in [3.8, 4) is 11.5 Å². The standard InChI is InChI=1S/C25H34N2O7/c1-15(2)14-33-23-16(3)34-25(30)19(9-5-7-17(23)13-18-8-6-12-32-18)27-24(29)21-22(28)20(31-4)10-11-26-21/h6,8,10-12,15-17,19,23,28H,5,7,9,13-14H2,1-4H3,(H,27,29)/t16-,17+,19-,23-/m0/s1. The Hall–Kier alpha value is -3.07. The van der Waals surface area contributed by atoms with Crippen LogP contribution in [0.1, 0.15) is 56.3 Å². The summed E-state index contributed by atoms with van der Waals surface area (Å²) in [5, 5.41) is 12.9. The molecule has 0 aliphatic carbocycles. The molecular weight excluding hydrogens is 440 g/mol. The van der Waals surface area contributed by atoms with Crippen molar-refractivity contribution >= 4 is 11.9 Å². The molecule has 0 radical (unpaired) electrons. The molecule has 2 aromatic rings.